The fourth-order valence-corrected chi connectivity index (χ4v) is 6.46. The Morgan fingerprint density at radius 2 is 1.46 bits per heavy atom. The Morgan fingerprint density at radius 3 is 2.29 bits per heavy atom. The van der Waals surface area contributed by atoms with E-state index in [1.54, 1.807) is 0 Å². The molecule has 0 bridgehead atoms. The maximum absolute atomic E-state index is 2.60. The first-order valence-electron chi connectivity index (χ1n) is 9.99. The van der Waals surface area contributed by atoms with Crippen LogP contribution in [-0.2, 0) is 5.91 Å². The summed E-state index contributed by atoms with van der Waals surface area (Å²) in [7, 11) is 0. The normalized spacial score (nSPS) is 24.0. The number of fused-ring (bicyclic) bond motifs is 1. The van der Waals surface area contributed by atoms with Crippen molar-refractivity contribution in [3.63, 3.8) is 0 Å². The second kappa shape index (κ2) is 3.68. The molecular formula is C24H19N4+. The number of aromatic nitrogens is 3. The number of aryl methyl sites for hydroxylation is 1. The molecule has 3 aromatic heterocycles. The van der Waals surface area contributed by atoms with E-state index in [-0.39, 0.29) is 0 Å². The summed E-state index contributed by atoms with van der Waals surface area (Å²) in [6.45, 7) is 9.06. The van der Waals surface area contributed by atoms with Crippen LogP contribution in [-0.4, -0.2) is 24.0 Å². The Bertz CT molecular complexity index is 1590. The van der Waals surface area contributed by atoms with Gasteiger partial charge in [0.25, 0.3) is 0 Å². The second-order valence-electron chi connectivity index (χ2n) is 8.69. The van der Waals surface area contributed by atoms with Crippen molar-refractivity contribution in [1.29, 1.82) is 0 Å². The van der Waals surface area contributed by atoms with Gasteiger partial charge in [0.2, 0.25) is 11.4 Å². The predicted molar refractivity (Wildman–Crippen MR) is 109 cm³/mol. The molecule has 5 aliphatic heterocycles. The summed E-state index contributed by atoms with van der Waals surface area (Å²) in [6, 6.07) is 11.6. The summed E-state index contributed by atoms with van der Waals surface area (Å²) in [5.74, 6) is -0.423. The van der Waals surface area contributed by atoms with Gasteiger partial charge in [0.05, 0.1) is 33.5 Å². The molecular weight excluding hydrogens is 344 g/mol. The molecule has 5 aliphatic rings. The zero-order valence-corrected chi connectivity index (χ0v) is 16.3. The van der Waals surface area contributed by atoms with Gasteiger partial charge in [-0.1, -0.05) is 0 Å². The molecule has 0 N–H and O–H groups in total. The predicted octanol–water partition coefficient (Wildman–Crippen LogP) is 2.53. The van der Waals surface area contributed by atoms with Gasteiger partial charge in [0.1, 0.15) is 0 Å². The molecule has 0 amide bonds. The molecule has 8 rings (SSSR count). The number of rotatable bonds is 0. The Morgan fingerprint density at radius 1 is 0.714 bits per heavy atom. The number of allylic oxidation sites excluding steroid dienone is 3. The molecule has 4 heteroatoms. The van der Waals surface area contributed by atoms with E-state index in [9.17, 15) is 0 Å². The van der Waals surface area contributed by atoms with Crippen LogP contribution in [0.15, 0.2) is 48.2 Å². The summed E-state index contributed by atoms with van der Waals surface area (Å²) in [5.41, 5.74) is 13.4. The van der Waals surface area contributed by atoms with Crippen molar-refractivity contribution in [1.82, 2.24) is 13.7 Å². The van der Waals surface area contributed by atoms with E-state index < -0.39 is 5.91 Å². The zero-order chi connectivity index (χ0) is 18.7. The van der Waals surface area contributed by atoms with Gasteiger partial charge in [-0.3, -0.25) is 0 Å². The third-order valence-electron chi connectivity index (χ3n) is 7.58. The molecule has 0 saturated carbocycles. The quantitative estimate of drug-likeness (QED) is 0.547. The van der Waals surface area contributed by atoms with Crippen LogP contribution >= 0.6 is 0 Å². The first-order chi connectivity index (χ1) is 13.6. The Balaban J connectivity index is 1.81. The van der Waals surface area contributed by atoms with Crippen molar-refractivity contribution < 1.29 is 4.58 Å². The van der Waals surface area contributed by atoms with Crippen molar-refractivity contribution in [3.8, 4) is 11.4 Å². The van der Waals surface area contributed by atoms with Gasteiger partial charge in [0, 0.05) is 23.3 Å². The van der Waals surface area contributed by atoms with Crippen molar-refractivity contribution in [2.45, 2.75) is 33.6 Å². The van der Waals surface area contributed by atoms with Crippen LogP contribution in [0.25, 0.3) is 28.1 Å². The average molecular weight is 363 g/mol. The first-order valence-corrected chi connectivity index (χ1v) is 9.99. The van der Waals surface area contributed by atoms with E-state index in [1.807, 2.05) is 0 Å². The lowest BCUT2D eigenvalue weighted by Gasteiger charge is -2.40. The highest BCUT2D eigenvalue weighted by atomic mass is 15.6. The van der Waals surface area contributed by atoms with Crippen molar-refractivity contribution >= 4 is 22.4 Å². The van der Waals surface area contributed by atoms with Gasteiger partial charge < -0.3 is 0 Å². The second-order valence-corrected chi connectivity index (χ2v) is 8.69. The number of hydrogen-bond acceptors (Lipinski definition) is 0. The highest BCUT2D eigenvalue weighted by Crippen LogP contribution is 2.52. The smallest absolute Gasteiger partial charge is 0.241 e. The van der Waals surface area contributed by atoms with Gasteiger partial charge in [-0.2, -0.15) is 0 Å². The molecule has 1 atom stereocenters. The van der Waals surface area contributed by atoms with E-state index in [0.717, 1.165) is 0 Å². The summed E-state index contributed by atoms with van der Waals surface area (Å²) in [4.78, 5) is 0. The van der Waals surface area contributed by atoms with Gasteiger partial charge >= 0.3 is 5.91 Å². The van der Waals surface area contributed by atoms with Crippen LogP contribution in [0.4, 0.5) is 0 Å². The summed E-state index contributed by atoms with van der Waals surface area (Å²) < 4.78 is 10.3. The standard InChI is InChI=1S/C24H19N4/c1-12-11-22-15(4)20-8-7-17-13(2)16-5-6-18-14(3)19-9-10-21-23(12)28(22)24(25(16)18,26(17)20)27(19)21/h5-11H,1-4H3/q+1. The molecule has 0 fully saturated rings. The van der Waals surface area contributed by atoms with Crippen molar-refractivity contribution in [2.24, 2.45) is 0 Å². The minimum Gasteiger partial charge on any atom is -0.241 e. The molecule has 0 aromatic carbocycles. The largest absolute Gasteiger partial charge is 0.430 e. The fourth-order valence-electron chi connectivity index (χ4n) is 6.46. The molecule has 4 nitrogen and oxygen atoms in total. The van der Waals surface area contributed by atoms with Crippen LogP contribution in [0.1, 0.15) is 37.7 Å². The zero-order valence-electron chi connectivity index (χ0n) is 16.3. The maximum atomic E-state index is 2.60. The van der Waals surface area contributed by atoms with Crippen molar-refractivity contribution in [3.05, 3.63) is 75.8 Å². The van der Waals surface area contributed by atoms with E-state index in [1.165, 1.54) is 67.2 Å². The SMILES string of the molecule is CC1=C2C=CC3=[N+]2C24n5c1ccc5-c1c(C)cc(n12)C(C)=c1ccc(n14)=C3C. The molecule has 0 aliphatic carbocycles. The van der Waals surface area contributed by atoms with Gasteiger partial charge in [-0.05, 0) is 69.2 Å². The van der Waals surface area contributed by atoms with Crippen LogP contribution < -0.4 is 10.7 Å². The highest BCUT2D eigenvalue weighted by molar-refractivity contribution is 6.22. The topological polar surface area (TPSA) is 17.8 Å². The fraction of sp³-hybridized carbons (Fsp3) is 0.208. The van der Waals surface area contributed by atoms with Crippen molar-refractivity contribution in [2.75, 3.05) is 0 Å². The molecule has 0 saturated heterocycles. The van der Waals surface area contributed by atoms with E-state index >= 15 is 0 Å². The molecule has 1 spiro atoms. The monoisotopic (exact) mass is 363 g/mol. The molecule has 8 heterocycles. The van der Waals surface area contributed by atoms with Gasteiger partial charge in [-0.15, -0.1) is 4.58 Å². The maximum Gasteiger partial charge on any atom is 0.430 e. The molecule has 1 unspecified atom stereocenters. The minimum absolute atomic E-state index is 0.423. The third-order valence-corrected chi connectivity index (χ3v) is 7.58. The Kier molecular flexibility index (Phi) is 1.82. The Hall–Kier alpha value is -3.27. The minimum atomic E-state index is -0.423. The lowest BCUT2D eigenvalue weighted by Crippen LogP contribution is -2.66. The molecule has 28 heavy (non-hydrogen) atoms. The van der Waals surface area contributed by atoms with E-state index in [4.69, 9.17) is 0 Å². The van der Waals surface area contributed by atoms with Crippen LogP contribution in [0.5, 0.6) is 0 Å². The summed E-state index contributed by atoms with van der Waals surface area (Å²) in [6.07, 6.45) is 4.62. The molecule has 134 valence electrons. The Labute approximate surface area is 162 Å². The summed E-state index contributed by atoms with van der Waals surface area (Å²) in [5, 5.41) is 2.64. The number of hydrogen-bond donors (Lipinski definition) is 0. The van der Waals surface area contributed by atoms with Crippen LogP contribution in [0.3, 0.4) is 0 Å². The first kappa shape index (κ1) is 13.8. The van der Waals surface area contributed by atoms with Gasteiger partial charge in [0.15, 0.2) is 0 Å². The van der Waals surface area contributed by atoms with E-state index in [2.05, 4.69) is 88.5 Å². The third kappa shape index (κ3) is 0.997. The van der Waals surface area contributed by atoms with E-state index in [0.29, 0.717) is 0 Å². The molecule has 3 aromatic rings. The number of nitrogens with zero attached hydrogens (tertiary/aromatic N) is 4. The lowest BCUT2D eigenvalue weighted by molar-refractivity contribution is -0.610. The molecule has 0 radical (unpaired) electrons. The summed E-state index contributed by atoms with van der Waals surface area (Å²) >= 11 is 0. The van der Waals surface area contributed by atoms with Gasteiger partial charge in [-0.25, -0.2) is 13.7 Å². The van der Waals surface area contributed by atoms with Crippen LogP contribution in [0.2, 0.25) is 0 Å². The highest BCUT2D eigenvalue weighted by Gasteiger charge is 2.65. The lowest BCUT2D eigenvalue weighted by atomic mass is 10.1. The van der Waals surface area contributed by atoms with Crippen LogP contribution in [0, 0.1) is 6.92 Å². The average Bonchev–Trinajstić information content (AvgIpc) is 3.45.